The third-order valence-corrected chi connectivity index (χ3v) is 1.77. The summed E-state index contributed by atoms with van der Waals surface area (Å²) in [6.07, 6.45) is 11.5. The molecule has 0 amide bonds. The van der Waals surface area contributed by atoms with Crippen molar-refractivity contribution in [2.75, 3.05) is 6.61 Å². The highest BCUT2D eigenvalue weighted by Crippen LogP contribution is 1.99. The Hall–Kier alpha value is -1.05. The van der Waals surface area contributed by atoms with Crippen LogP contribution in [0.4, 0.5) is 0 Å². The molecule has 2 heteroatoms. The molecule has 0 aromatic rings. The molecule has 0 aromatic carbocycles. The van der Waals surface area contributed by atoms with Gasteiger partial charge in [0.1, 0.15) is 0 Å². The van der Waals surface area contributed by atoms with Crippen molar-refractivity contribution in [3.05, 3.63) is 24.8 Å². The molecule has 0 saturated carbocycles. The number of allylic oxidation sites excluding steroid dienone is 3. The van der Waals surface area contributed by atoms with Crippen LogP contribution in [0.3, 0.4) is 0 Å². The van der Waals surface area contributed by atoms with E-state index in [1.54, 1.807) is 0 Å². The van der Waals surface area contributed by atoms with Crippen LogP contribution in [0.2, 0.25) is 0 Å². The molecule has 0 rings (SSSR count). The maximum Gasteiger partial charge on any atom is 0.302 e. The Morgan fingerprint density at radius 1 is 1.21 bits per heavy atom. The number of carbonyl (C=O) groups is 1. The summed E-state index contributed by atoms with van der Waals surface area (Å²) < 4.78 is 4.80. The van der Waals surface area contributed by atoms with Crippen molar-refractivity contribution in [1.29, 1.82) is 0 Å². The molecule has 0 saturated heterocycles. The summed E-state index contributed by atoms with van der Waals surface area (Å²) >= 11 is 0. The Morgan fingerprint density at radius 3 is 2.43 bits per heavy atom. The molecule has 0 atom stereocenters. The van der Waals surface area contributed by atoms with E-state index >= 15 is 0 Å². The second-order valence-corrected chi connectivity index (χ2v) is 3.17. The molecule has 0 aliphatic rings. The molecule has 0 aliphatic carbocycles. The van der Waals surface area contributed by atoms with Crippen LogP contribution in [0.25, 0.3) is 0 Å². The topological polar surface area (TPSA) is 26.3 Å². The van der Waals surface area contributed by atoms with E-state index in [0.717, 1.165) is 25.7 Å². The summed E-state index contributed by atoms with van der Waals surface area (Å²) in [5.74, 6) is -0.194. The van der Waals surface area contributed by atoms with Gasteiger partial charge in [0.15, 0.2) is 0 Å². The van der Waals surface area contributed by atoms with Crippen molar-refractivity contribution >= 4 is 5.97 Å². The quantitative estimate of drug-likeness (QED) is 0.338. The minimum absolute atomic E-state index is 0.194. The van der Waals surface area contributed by atoms with Crippen LogP contribution in [-0.4, -0.2) is 12.6 Å². The van der Waals surface area contributed by atoms with E-state index in [0.29, 0.717) is 6.61 Å². The predicted octanol–water partition coefficient (Wildman–Crippen LogP) is 3.24. The first-order valence-corrected chi connectivity index (χ1v) is 5.16. The van der Waals surface area contributed by atoms with Crippen molar-refractivity contribution in [2.24, 2.45) is 0 Å². The smallest absolute Gasteiger partial charge is 0.302 e. The highest BCUT2D eigenvalue weighted by Gasteiger charge is 1.89. The van der Waals surface area contributed by atoms with Gasteiger partial charge in [-0.15, -0.1) is 6.58 Å². The first-order valence-electron chi connectivity index (χ1n) is 5.16. The molecule has 80 valence electrons. The molecular weight excluding hydrogens is 176 g/mol. The van der Waals surface area contributed by atoms with E-state index in [4.69, 9.17) is 4.74 Å². The number of ether oxygens (including phenoxy) is 1. The highest BCUT2D eigenvalue weighted by molar-refractivity contribution is 5.65. The molecule has 0 bridgehead atoms. The Balaban J connectivity index is 3.10. The summed E-state index contributed by atoms with van der Waals surface area (Å²) in [6, 6.07) is 0. The Labute approximate surface area is 86.6 Å². The molecular formula is C12H20O2. The molecule has 0 spiro atoms. The summed E-state index contributed by atoms with van der Waals surface area (Å²) in [5, 5.41) is 0. The van der Waals surface area contributed by atoms with E-state index in [2.05, 4.69) is 18.7 Å². The van der Waals surface area contributed by atoms with E-state index in [1.807, 2.05) is 6.08 Å². The zero-order valence-corrected chi connectivity index (χ0v) is 9.00. The Kier molecular flexibility index (Phi) is 9.28. The molecule has 0 radical (unpaired) electrons. The fraction of sp³-hybridized carbons (Fsp3) is 0.583. The summed E-state index contributed by atoms with van der Waals surface area (Å²) in [7, 11) is 0. The fourth-order valence-corrected chi connectivity index (χ4v) is 1.03. The fourth-order valence-electron chi connectivity index (χ4n) is 1.03. The molecule has 0 heterocycles. The number of carbonyl (C=O) groups excluding carboxylic acids is 1. The SMILES string of the molecule is C=CCCC/C=C/CCCOC(C)=O. The maximum absolute atomic E-state index is 10.4. The molecule has 14 heavy (non-hydrogen) atoms. The summed E-state index contributed by atoms with van der Waals surface area (Å²) in [4.78, 5) is 10.4. The zero-order chi connectivity index (χ0) is 10.6. The third kappa shape index (κ3) is 11.0. The van der Waals surface area contributed by atoms with Crippen molar-refractivity contribution in [3.8, 4) is 0 Å². The second-order valence-electron chi connectivity index (χ2n) is 3.17. The number of rotatable bonds is 8. The molecule has 0 unspecified atom stereocenters. The lowest BCUT2D eigenvalue weighted by atomic mass is 10.2. The van der Waals surface area contributed by atoms with Gasteiger partial charge in [-0.05, 0) is 32.1 Å². The predicted molar refractivity (Wildman–Crippen MR) is 59.1 cm³/mol. The summed E-state index contributed by atoms with van der Waals surface area (Å²) in [6.45, 7) is 5.63. The minimum Gasteiger partial charge on any atom is -0.466 e. The van der Waals surface area contributed by atoms with Gasteiger partial charge in [0, 0.05) is 6.92 Å². The first-order chi connectivity index (χ1) is 6.77. The second kappa shape index (κ2) is 10.0. The van der Waals surface area contributed by atoms with Crippen LogP contribution in [0.1, 0.15) is 39.0 Å². The monoisotopic (exact) mass is 196 g/mol. The lowest BCUT2D eigenvalue weighted by Gasteiger charge is -1.98. The van der Waals surface area contributed by atoms with Crippen molar-refractivity contribution in [2.45, 2.75) is 39.0 Å². The lowest BCUT2D eigenvalue weighted by molar-refractivity contribution is -0.141. The van der Waals surface area contributed by atoms with Gasteiger partial charge in [-0.2, -0.15) is 0 Å². The van der Waals surface area contributed by atoms with Gasteiger partial charge in [-0.1, -0.05) is 18.2 Å². The van der Waals surface area contributed by atoms with Crippen LogP contribution in [0.15, 0.2) is 24.8 Å². The van der Waals surface area contributed by atoms with Gasteiger partial charge in [-0.3, -0.25) is 4.79 Å². The molecule has 0 fully saturated rings. The van der Waals surface area contributed by atoms with Crippen LogP contribution >= 0.6 is 0 Å². The minimum atomic E-state index is -0.194. The van der Waals surface area contributed by atoms with Crippen LogP contribution in [-0.2, 0) is 9.53 Å². The lowest BCUT2D eigenvalue weighted by Crippen LogP contribution is -1.99. The van der Waals surface area contributed by atoms with Crippen molar-refractivity contribution < 1.29 is 9.53 Å². The largest absolute Gasteiger partial charge is 0.466 e. The number of unbranched alkanes of at least 4 members (excludes halogenated alkanes) is 3. The average molecular weight is 196 g/mol. The standard InChI is InChI=1S/C12H20O2/c1-3-4-5-6-7-8-9-10-11-14-12(2)13/h3,7-8H,1,4-6,9-11H2,2H3/b8-7+. The van der Waals surface area contributed by atoms with Crippen molar-refractivity contribution in [3.63, 3.8) is 0 Å². The van der Waals surface area contributed by atoms with Crippen molar-refractivity contribution in [1.82, 2.24) is 0 Å². The van der Waals surface area contributed by atoms with E-state index < -0.39 is 0 Å². The van der Waals surface area contributed by atoms with Crippen LogP contribution < -0.4 is 0 Å². The number of hydrogen-bond donors (Lipinski definition) is 0. The molecule has 0 aromatic heterocycles. The van der Waals surface area contributed by atoms with E-state index in [-0.39, 0.29) is 5.97 Å². The van der Waals surface area contributed by atoms with Gasteiger partial charge in [0.25, 0.3) is 0 Å². The zero-order valence-electron chi connectivity index (χ0n) is 9.00. The van der Waals surface area contributed by atoms with E-state index in [1.165, 1.54) is 13.3 Å². The third-order valence-electron chi connectivity index (χ3n) is 1.77. The van der Waals surface area contributed by atoms with Gasteiger partial charge in [0.05, 0.1) is 6.61 Å². The molecule has 2 nitrogen and oxygen atoms in total. The van der Waals surface area contributed by atoms with Gasteiger partial charge in [-0.25, -0.2) is 0 Å². The number of esters is 1. The normalized spacial score (nSPS) is 10.4. The Bertz CT molecular complexity index is 183. The maximum atomic E-state index is 10.4. The first kappa shape index (κ1) is 12.9. The van der Waals surface area contributed by atoms with E-state index in [9.17, 15) is 4.79 Å². The molecule has 0 N–H and O–H groups in total. The Morgan fingerprint density at radius 2 is 1.86 bits per heavy atom. The highest BCUT2D eigenvalue weighted by atomic mass is 16.5. The van der Waals surface area contributed by atoms with Gasteiger partial charge in [0.2, 0.25) is 0 Å². The van der Waals surface area contributed by atoms with Gasteiger partial charge < -0.3 is 4.74 Å². The molecule has 0 aliphatic heterocycles. The summed E-state index contributed by atoms with van der Waals surface area (Å²) in [5.41, 5.74) is 0. The van der Waals surface area contributed by atoms with Crippen LogP contribution in [0, 0.1) is 0 Å². The average Bonchev–Trinajstić information content (AvgIpc) is 2.15. The van der Waals surface area contributed by atoms with Crippen LogP contribution in [0.5, 0.6) is 0 Å². The number of hydrogen-bond acceptors (Lipinski definition) is 2. The van der Waals surface area contributed by atoms with Gasteiger partial charge >= 0.3 is 5.97 Å².